The Bertz CT molecular complexity index is 492. The van der Waals surface area contributed by atoms with Crippen LogP contribution in [0.4, 0.5) is 11.4 Å². The molecule has 0 aliphatic rings. The number of nitro benzene ring substituents is 2. The molecule has 0 radical (unpaired) electrons. The van der Waals surface area contributed by atoms with E-state index in [0.717, 1.165) is 12.1 Å². The molecular formula is C9H7N3O4. The Labute approximate surface area is 90.2 Å². The highest BCUT2D eigenvalue weighted by atomic mass is 16.6. The van der Waals surface area contributed by atoms with Crippen molar-refractivity contribution < 1.29 is 9.85 Å². The van der Waals surface area contributed by atoms with Crippen molar-refractivity contribution in [2.24, 2.45) is 0 Å². The van der Waals surface area contributed by atoms with Crippen molar-refractivity contribution in [3.8, 4) is 6.07 Å². The summed E-state index contributed by atoms with van der Waals surface area (Å²) < 4.78 is 0. The Morgan fingerprint density at radius 3 is 2.38 bits per heavy atom. The lowest BCUT2D eigenvalue weighted by atomic mass is 10.0. The van der Waals surface area contributed by atoms with Crippen LogP contribution >= 0.6 is 0 Å². The number of hydrogen-bond acceptors (Lipinski definition) is 5. The fourth-order valence-corrected chi connectivity index (χ4v) is 1.24. The van der Waals surface area contributed by atoms with E-state index in [4.69, 9.17) is 5.26 Å². The van der Waals surface area contributed by atoms with Gasteiger partial charge in [-0.15, -0.1) is 0 Å². The van der Waals surface area contributed by atoms with Crippen LogP contribution in [0.1, 0.15) is 18.4 Å². The first kappa shape index (κ1) is 11.6. The average molecular weight is 221 g/mol. The van der Waals surface area contributed by atoms with Gasteiger partial charge >= 0.3 is 0 Å². The molecule has 0 bridgehead atoms. The van der Waals surface area contributed by atoms with Crippen LogP contribution in [-0.2, 0) is 0 Å². The monoisotopic (exact) mass is 221 g/mol. The lowest BCUT2D eigenvalue weighted by Crippen LogP contribution is -1.99. The molecular weight excluding hydrogens is 214 g/mol. The summed E-state index contributed by atoms with van der Waals surface area (Å²) in [5, 5.41) is 29.8. The van der Waals surface area contributed by atoms with Crippen LogP contribution in [0.3, 0.4) is 0 Å². The molecule has 0 aromatic heterocycles. The van der Waals surface area contributed by atoms with Gasteiger partial charge in [-0.2, -0.15) is 5.26 Å². The summed E-state index contributed by atoms with van der Waals surface area (Å²) >= 11 is 0. The fourth-order valence-electron chi connectivity index (χ4n) is 1.24. The molecule has 0 saturated carbocycles. The minimum Gasteiger partial charge on any atom is -0.258 e. The molecule has 0 spiro atoms. The van der Waals surface area contributed by atoms with Gasteiger partial charge in [0.05, 0.1) is 27.9 Å². The maximum absolute atomic E-state index is 10.7. The highest BCUT2D eigenvalue weighted by molar-refractivity contribution is 5.51. The largest absolute Gasteiger partial charge is 0.280 e. The topological polar surface area (TPSA) is 110 Å². The van der Waals surface area contributed by atoms with Crippen LogP contribution in [0.5, 0.6) is 0 Å². The summed E-state index contributed by atoms with van der Waals surface area (Å²) in [7, 11) is 0. The molecule has 1 rings (SSSR count). The Kier molecular flexibility index (Phi) is 3.15. The van der Waals surface area contributed by atoms with Crippen LogP contribution < -0.4 is 0 Å². The molecule has 0 N–H and O–H groups in total. The Morgan fingerprint density at radius 1 is 1.31 bits per heavy atom. The maximum Gasteiger partial charge on any atom is 0.280 e. The molecule has 0 fully saturated rings. The molecule has 0 heterocycles. The van der Waals surface area contributed by atoms with Crippen molar-refractivity contribution in [2.45, 2.75) is 12.8 Å². The van der Waals surface area contributed by atoms with Gasteiger partial charge in [0.15, 0.2) is 0 Å². The van der Waals surface area contributed by atoms with Crippen LogP contribution in [0.25, 0.3) is 0 Å². The van der Waals surface area contributed by atoms with E-state index in [0.29, 0.717) is 0 Å². The fraction of sp³-hybridized carbons (Fsp3) is 0.222. The van der Waals surface area contributed by atoms with Gasteiger partial charge in [0.25, 0.3) is 11.4 Å². The van der Waals surface area contributed by atoms with Crippen molar-refractivity contribution >= 4 is 11.4 Å². The summed E-state index contributed by atoms with van der Waals surface area (Å²) in [6.45, 7) is 1.49. The standard InChI is InChI=1S/C9H7N3O4/c1-6(5-10)8-3-2-7(11(13)14)4-9(8)12(15)16/h2-4,6H,1H3. The molecule has 16 heavy (non-hydrogen) atoms. The predicted octanol–water partition coefficient (Wildman–Crippen LogP) is 2.13. The molecule has 7 heteroatoms. The van der Waals surface area contributed by atoms with Crippen LogP contribution in [-0.4, -0.2) is 9.85 Å². The Hall–Kier alpha value is -2.49. The third kappa shape index (κ3) is 2.12. The number of nitro groups is 2. The number of non-ortho nitro benzene ring substituents is 1. The lowest BCUT2D eigenvalue weighted by Gasteiger charge is -2.03. The zero-order chi connectivity index (χ0) is 12.3. The molecule has 7 nitrogen and oxygen atoms in total. The summed E-state index contributed by atoms with van der Waals surface area (Å²) in [4.78, 5) is 19.7. The van der Waals surface area contributed by atoms with Gasteiger partial charge in [-0.25, -0.2) is 0 Å². The first-order chi connectivity index (χ1) is 7.47. The van der Waals surface area contributed by atoms with E-state index in [1.807, 2.05) is 6.07 Å². The molecule has 0 saturated heterocycles. The number of hydrogen-bond donors (Lipinski definition) is 0. The number of rotatable bonds is 3. The van der Waals surface area contributed by atoms with E-state index < -0.39 is 21.5 Å². The van der Waals surface area contributed by atoms with Crippen LogP contribution in [0, 0.1) is 31.6 Å². The third-order valence-electron chi connectivity index (χ3n) is 2.08. The zero-order valence-electron chi connectivity index (χ0n) is 8.28. The summed E-state index contributed by atoms with van der Waals surface area (Å²) in [6, 6.07) is 5.10. The molecule has 1 atom stereocenters. The second-order valence-corrected chi connectivity index (χ2v) is 3.11. The van der Waals surface area contributed by atoms with Gasteiger partial charge in [-0.05, 0) is 13.0 Å². The SMILES string of the molecule is CC(C#N)c1ccc([N+](=O)[O-])cc1[N+](=O)[O-]. The van der Waals surface area contributed by atoms with Gasteiger partial charge in [-0.3, -0.25) is 20.2 Å². The van der Waals surface area contributed by atoms with Gasteiger partial charge in [0, 0.05) is 11.6 Å². The first-order valence-electron chi connectivity index (χ1n) is 4.29. The highest BCUT2D eigenvalue weighted by Crippen LogP contribution is 2.29. The second-order valence-electron chi connectivity index (χ2n) is 3.11. The van der Waals surface area contributed by atoms with Crippen molar-refractivity contribution in [3.63, 3.8) is 0 Å². The van der Waals surface area contributed by atoms with E-state index >= 15 is 0 Å². The first-order valence-corrected chi connectivity index (χ1v) is 4.29. The van der Waals surface area contributed by atoms with E-state index in [9.17, 15) is 20.2 Å². The van der Waals surface area contributed by atoms with Gasteiger partial charge in [0.2, 0.25) is 0 Å². The average Bonchev–Trinajstić information content (AvgIpc) is 2.26. The Morgan fingerprint density at radius 2 is 1.94 bits per heavy atom. The number of nitrogens with zero attached hydrogens (tertiary/aromatic N) is 3. The number of nitriles is 1. The summed E-state index contributed by atoms with van der Waals surface area (Å²) in [6.07, 6.45) is 0. The highest BCUT2D eigenvalue weighted by Gasteiger charge is 2.22. The van der Waals surface area contributed by atoms with E-state index in [-0.39, 0.29) is 11.3 Å². The maximum atomic E-state index is 10.7. The zero-order valence-corrected chi connectivity index (χ0v) is 8.28. The summed E-state index contributed by atoms with van der Waals surface area (Å²) in [5.74, 6) is -0.679. The molecule has 1 aromatic carbocycles. The molecule has 1 aromatic rings. The normalized spacial score (nSPS) is 11.5. The minimum absolute atomic E-state index is 0.179. The predicted molar refractivity (Wildman–Crippen MR) is 53.8 cm³/mol. The Balaban J connectivity index is 3.37. The molecule has 0 amide bonds. The van der Waals surface area contributed by atoms with E-state index in [2.05, 4.69) is 0 Å². The molecule has 0 aliphatic carbocycles. The van der Waals surface area contributed by atoms with Crippen molar-refractivity contribution in [2.75, 3.05) is 0 Å². The van der Waals surface area contributed by atoms with E-state index in [1.165, 1.54) is 13.0 Å². The lowest BCUT2D eigenvalue weighted by molar-refractivity contribution is -0.394. The smallest absolute Gasteiger partial charge is 0.258 e. The molecule has 0 aliphatic heterocycles. The molecule has 82 valence electrons. The van der Waals surface area contributed by atoms with Crippen molar-refractivity contribution in [1.82, 2.24) is 0 Å². The van der Waals surface area contributed by atoms with Crippen molar-refractivity contribution in [1.29, 1.82) is 5.26 Å². The van der Waals surface area contributed by atoms with Crippen LogP contribution in [0.15, 0.2) is 18.2 Å². The molecule has 1 unspecified atom stereocenters. The van der Waals surface area contributed by atoms with Gasteiger partial charge in [0.1, 0.15) is 0 Å². The summed E-state index contributed by atoms with van der Waals surface area (Å²) in [5.41, 5.74) is -0.582. The van der Waals surface area contributed by atoms with Gasteiger partial charge < -0.3 is 0 Å². The van der Waals surface area contributed by atoms with Crippen LogP contribution in [0.2, 0.25) is 0 Å². The van der Waals surface area contributed by atoms with Gasteiger partial charge in [-0.1, -0.05) is 0 Å². The van der Waals surface area contributed by atoms with Crippen molar-refractivity contribution in [3.05, 3.63) is 44.0 Å². The minimum atomic E-state index is -0.726. The number of benzene rings is 1. The quantitative estimate of drug-likeness (QED) is 0.573. The third-order valence-corrected chi connectivity index (χ3v) is 2.08. The van der Waals surface area contributed by atoms with E-state index in [1.54, 1.807) is 0 Å². The second kappa shape index (κ2) is 4.35.